The van der Waals surface area contributed by atoms with E-state index in [4.69, 9.17) is 0 Å². The van der Waals surface area contributed by atoms with Gasteiger partial charge in [0, 0.05) is 31.3 Å². The molecule has 3 heterocycles. The Hall–Kier alpha value is -1.79. The van der Waals surface area contributed by atoms with Gasteiger partial charge in [0.25, 0.3) is 5.91 Å². The van der Waals surface area contributed by atoms with Gasteiger partial charge < -0.3 is 9.80 Å². The molecule has 0 unspecified atom stereocenters. The highest BCUT2D eigenvalue weighted by atomic mass is 32.2. The smallest absolute Gasteiger partial charge is 0.265 e. The number of piperidine rings is 1. The van der Waals surface area contributed by atoms with Crippen LogP contribution in [0.4, 0.5) is 0 Å². The third-order valence-electron chi connectivity index (χ3n) is 6.35. The minimum absolute atomic E-state index is 0.125. The van der Waals surface area contributed by atoms with E-state index in [1.165, 1.54) is 16.9 Å². The van der Waals surface area contributed by atoms with E-state index in [1.807, 2.05) is 40.2 Å². The number of carbonyl (C=O) groups is 2. The summed E-state index contributed by atoms with van der Waals surface area (Å²) in [6.07, 6.45) is 2.73. The summed E-state index contributed by atoms with van der Waals surface area (Å²) in [5.41, 5.74) is 1.29. The van der Waals surface area contributed by atoms with Crippen LogP contribution in [0.5, 0.6) is 0 Å². The predicted octanol–water partition coefficient (Wildman–Crippen LogP) is 4.06. The summed E-state index contributed by atoms with van der Waals surface area (Å²) in [5.74, 6) is 2.00. The first-order chi connectivity index (χ1) is 13.7. The highest BCUT2D eigenvalue weighted by Crippen LogP contribution is 2.50. The first-order valence-corrected chi connectivity index (χ1v) is 11.9. The average molecular weight is 413 g/mol. The van der Waals surface area contributed by atoms with Crippen LogP contribution in [0.25, 0.3) is 0 Å². The van der Waals surface area contributed by atoms with Gasteiger partial charge >= 0.3 is 0 Å². The first-order valence-electron chi connectivity index (χ1n) is 10.0. The van der Waals surface area contributed by atoms with Crippen molar-refractivity contribution < 1.29 is 9.59 Å². The van der Waals surface area contributed by atoms with Crippen molar-refractivity contribution in [2.75, 3.05) is 25.4 Å². The molecule has 4 nitrogen and oxygen atoms in total. The Morgan fingerprint density at radius 3 is 2.50 bits per heavy atom. The number of thioether (sulfide) groups is 1. The zero-order valence-corrected chi connectivity index (χ0v) is 17.4. The maximum absolute atomic E-state index is 13.0. The van der Waals surface area contributed by atoms with E-state index in [1.54, 1.807) is 0 Å². The minimum Gasteiger partial charge on any atom is -0.342 e. The van der Waals surface area contributed by atoms with Gasteiger partial charge in [-0.3, -0.25) is 9.59 Å². The highest BCUT2D eigenvalue weighted by molar-refractivity contribution is 8.00. The van der Waals surface area contributed by atoms with Crippen molar-refractivity contribution >= 4 is 34.9 Å². The molecule has 6 heteroatoms. The van der Waals surface area contributed by atoms with E-state index in [0.717, 1.165) is 49.5 Å². The topological polar surface area (TPSA) is 40.6 Å². The van der Waals surface area contributed by atoms with Crippen LogP contribution in [0.15, 0.2) is 47.8 Å². The normalized spacial score (nSPS) is 25.9. The lowest BCUT2D eigenvalue weighted by Gasteiger charge is -2.44. The van der Waals surface area contributed by atoms with Crippen molar-refractivity contribution in [1.82, 2.24) is 9.80 Å². The van der Waals surface area contributed by atoms with Gasteiger partial charge in [-0.05, 0) is 42.2 Å². The van der Waals surface area contributed by atoms with Crippen molar-refractivity contribution in [1.29, 1.82) is 0 Å². The summed E-state index contributed by atoms with van der Waals surface area (Å²) < 4.78 is 0. The molecule has 1 aromatic heterocycles. The van der Waals surface area contributed by atoms with E-state index in [9.17, 15) is 9.59 Å². The van der Waals surface area contributed by atoms with Crippen LogP contribution >= 0.6 is 23.1 Å². The first kappa shape index (κ1) is 18.3. The fourth-order valence-electron chi connectivity index (χ4n) is 4.69. The minimum atomic E-state index is -0.125. The third-order valence-corrected chi connectivity index (χ3v) is 8.76. The molecule has 0 bridgehead atoms. The molecule has 1 aromatic carbocycles. The van der Waals surface area contributed by atoms with Gasteiger partial charge in [0.2, 0.25) is 5.91 Å². The van der Waals surface area contributed by atoms with Crippen LogP contribution in [0, 0.1) is 5.92 Å². The van der Waals surface area contributed by atoms with Gasteiger partial charge in [0.05, 0.1) is 9.75 Å². The molecule has 3 fully saturated rings. The molecule has 0 radical (unpaired) electrons. The second-order valence-corrected chi connectivity index (χ2v) is 10.3. The van der Waals surface area contributed by atoms with Gasteiger partial charge in [-0.15, -0.1) is 23.1 Å². The molecule has 146 valence electrons. The summed E-state index contributed by atoms with van der Waals surface area (Å²) in [5, 5.41) is 1.96. The Morgan fingerprint density at radius 1 is 1.00 bits per heavy atom. The number of thiophene rings is 1. The third kappa shape index (κ3) is 3.16. The van der Waals surface area contributed by atoms with Gasteiger partial charge in [-0.2, -0.15) is 0 Å². The van der Waals surface area contributed by atoms with Crippen LogP contribution in [0.1, 0.15) is 40.4 Å². The van der Waals surface area contributed by atoms with E-state index >= 15 is 0 Å². The Morgan fingerprint density at radius 2 is 1.79 bits per heavy atom. The van der Waals surface area contributed by atoms with Crippen LogP contribution in [0.3, 0.4) is 0 Å². The van der Waals surface area contributed by atoms with Crippen molar-refractivity contribution in [2.45, 2.75) is 30.1 Å². The Labute approximate surface area is 173 Å². The van der Waals surface area contributed by atoms with Crippen LogP contribution < -0.4 is 0 Å². The number of likely N-dealkylation sites (tertiary alicyclic amines) is 1. The average Bonchev–Trinajstić information content (AvgIpc) is 3.15. The molecule has 1 spiro atoms. The van der Waals surface area contributed by atoms with Crippen molar-refractivity contribution in [2.24, 2.45) is 5.92 Å². The summed E-state index contributed by atoms with van der Waals surface area (Å²) >= 11 is 3.42. The SMILES string of the molecule is O=C([C@H]1C[C@H]1c1ccccc1)N1CCC2(CC1)SCCN2C(=O)c1cccs1. The molecular formula is C22H24N2O2S2. The van der Waals surface area contributed by atoms with Crippen molar-refractivity contribution in [3.05, 3.63) is 58.3 Å². The molecule has 2 aliphatic heterocycles. The van der Waals surface area contributed by atoms with E-state index in [-0.39, 0.29) is 16.7 Å². The van der Waals surface area contributed by atoms with Gasteiger partial charge in [-0.1, -0.05) is 36.4 Å². The lowest BCUT2D eigenvalue weighted by molar-refractivity contribution is -0.134. The Kier molecular flexibility index (Phi) is 4.71. The number of amides is 2. The summed E-state index contributed by atoms with van der Waals surface area (Å²) in [4.78, 5) is 30.8. The van der Waals surface area contributed by atoms with Crippen LogP contribution in [-0.4, -0.2) is 51.9 Å². The zero-order chi connectivity index (χ0) is 19.1. The summed E-state index contributed by atoms with van der Waals surface area (Å²) in [6.45, 7) is 2.34. The predicted molar refractivity (Wildman–Crippen MR) is 114 cm³/mol. The zero-order valence-electron chi connectivity index (χ0n) is 15.8. The molecule has 2 aromatic rings. The molecule has 1 aliphatic carbocycles. The van der Waals surface area contributed by atoms with Crippen molar-refractivity contribution in [3.8, 4) is 0 Å². The number of benzene rings is 1. The quantitative estimate of drug-likeness (QED) is 0.763. The molecule has 2 amide bonds. The molecule has 3 aliphatic rings. The lowest BCUT2D eigenvalue weighted by Crippen LogP contribution is -2.53. The molecular weight excluding hydrogens is 388 g/mol. The van der Waals surface area contributed by atoms with Gasteiger partial charge in [0.1, 0.15) is 0 Å². The summed E-state index contributed by atoms with van der Waals surface area (Å²) in [7, 11) is 0. The van der Waals surface area contributed by atoms with Crippen molar-refractivity contribution in [3.63, 3.8) is 0 Å². The standard InChI is InChI=1S/C22H24N2O2S2/c25-20(18-15-17(18)16-5-2-1-3-6-16)23-10-8-22(9-11-23)24(12-14-28-22)21(26)19-7-4-13-27-19/h1-7,13,17-18H,8-12,14-15H2/t17-,18-/m0/s1. The molecule has 2 saturated heterocycles. The van der Waals surface area contributed by atoms with E-state index in [0.29, 0.717) is 11.8 Å². The molecule has 1 saturated carbocycles. The number of hydrogen-bond donors (Lipinski definition) is 0. The molecule has 0 N–H and O–H groups in total. The molecule has 28 heavy (non-hydrogen) atoms. The Balaban J connectivity index is 1.23. The van der Waals surface area contributed by atoms with E-state index < -0.39 is 0 Å². The van der Waals surface area contributed by atoms with E-state index in [2.05, 4.69) is 29.2 Å². The maximum Gasteiger partial charge on any atom is 0.265 e. The fraction of sp³-hybridized carbons (Fsp3) is 0.455. The van der Waals surface area contributed by atoms with Crippen LogP contribution in [0.2, 0.25) is 0 Å². The second-order valence-electron chi connectivity index (χ2n) is 7.91. The monoisotopic (exact) mass is 412 g/mol. The number of carbonyl (C=O) groups excluding carboxylic acids is 2. The highest BCUT2D eigenvalue weighted by Gasteiger charge is 2.50. The number of hydrogen-bond acceptors (Lipinski definition) is 4. The second kappa shape index (κ2) is 7.23. The summed E-state index contributed by atoms with van der Waals surface area (Å²) in [6, 6.07) is 14.2. The number of nitrogens with zero attached hydrogens (tertiary/aromatic N) is 2. The maximum atomic E-state index is 13.0. The molecule has 5 rings (SSSR count). The van der Waals surface area contributed by atoms with Gasteiger partial charge in [-0.25, -0.2) is 0 Å². The number of rotatable bonds is 3. The molecule has 2 atom stereocenters. The van der Waals surface area contributed by atoms with Gasteiger partial charge in [0.15, 0.2) is 0 Å². The fourth-order valence-corrected chi connectivity index (χ4v) is 6.82. The lowest BCUT2D eigenvalue weighted by atomic mass is 10.0. The Bertz CT molecular complexity index is 860. The largest absolute Gasteiger partial charge is 0.342 e. The van der Waals surface area contributed by atoms with Crippen LogP contribution in [-0.2, 0) is 4.79 Å².